The smallest absolute Gasteiger partial charge is 0.0574 e. The van der Waals surface area contributed by atoms with E-state index in [-0.39, 0.29) is 0 Å². The van der Waals surface area contributed by atoms with Crippen LogP contribution in [0.2, 0.25) is 0 Å². The molecule has 0 unspecified atom stereocenters. The SMILES string of the molecule is c1ccc2cnccc2c1.c1ccc2cnccc2c1.c1ccc2cnncc2c1. The Morgan fingerprint density at radius 2 is 0.667 bits per heavy atom. The van der Waals surface area contributed by atoms with E-state index >= 15 is 0 Å². The molecular weight excluding hydrogens is 368 g/mol. The van der Waals surface area contributed by atoms with Gasteiger partial charge in [-0.1, -0.05) is 72.8 Å². The molecule has 4 nitrogen and oxygen atoms in total. The fraction of sp³-hybridized carbons (Fsp3) is 0. The molecule has 0 N–H and O–H groups in total. The van der Waals surface area contributed by atoms with Crippen LogP contribution in [0.4, 0.5) is 0 Å². The van der Waals surface area contributed by atoms with Crippen LogP contribution in [0.15, 0.2) is 122 Å². The number of benzene rings is 3. The minimum atomic E-state index is 1.14. The first-order valence-corrected chi connectivity index (χ1v) is 9.63. The predicted molar refractivity (Wildman–Crippen MR) is 123 cm³/mol. The standard InChI is InChI=1S/2C9H7N.C8H6N2/c2*1-2-4-9-7-10-6-5-8(9)3-1;1-2-4-8-6-10-9-5-7(8)3-1/h2*1-7H;1-6H. The Kier molecular flexibility index (Phi) is 6.28. The van der Waals surface area contributed by atoms with Gasteiger partial charge in [0.15, 0.2) is 0 Å². The molecule has 0 saturated heterocycles. The molecule has 30 heavy (non-hydrogen) atoms. The maximum absolute atomic E-state index is 4.01. The second kappa shape index (κ2) is 9.85. The fourth-order valence-electron chi connectivity index (χ4n) is 2.99. The molecule has 3 heterocycles. The van der Waals surface area contributed by atoms with E-state index in [9.17, 15) is 0 Å². The molecule has 0 radical (unpaired) electrons. The summed E-state index contributed by atoms with van der Waals surface area (Å²) >= 11 is 0. The highest BCUT2D eigenvalue weighted by Crippen LogP contribution is 2.10. The quantitative estimate of drug-likeness (QED) is 0.315. The normalized spacial score (nSPS) is 10.0. The molecule has 0 saturated carbocycles. The largest absolute Gasteiger partial charge is 0.264 e. The van der Waals surface area contributed by atoms with E-state index in [2.05, 4.69) is 44.4 Å². The van der Waals surface area contributed by atoms with E-state index in [4.69, 9.17) is 0 Å². The first kappa shape index (κ1) is 19.2. The Hall–Kier alpha value is -4.18. The molecule has 0 aliphatic carbocycles. The fourth-order valence-corrected chi connectivity index (χ4v) is 2.99. The third-order valence-corrected chi connectivity index (χ3v) is 4.56. The predicted octanol–water partition coefficient (Wildman–Crippen LogP) is 6.10. The summed E-state index contributed by atoms with van der Waals surface area (Å²) in [4.78, 5) is 8.03. The maximum Gasteiger partial charge on any atom is 0.0574 e. The minimum absolute atomic E-state index is 1.14. The third kappa shape index (κ3) is 5.00. The van der Waals surface area contributed by atoms with Gasteiger partial charge in [-0.3, -0.25) is 9.97 Å². The summed E-state index contributed by atoms with van der Waals surface area (Å²) in [5.74, 6) is 0. The molecule has 0 atom stereocenters. The van der Waals surface area contributed by atoms with Crippen LogP contribution in [0, 0.1) is 0 Å². The lowest BCUT2D eigenvalue weighted by atomic mass is 10.2. The average molecular weight is 388 g/mol. The van der Waals surface area contributed by atoms with Crippen LogP contribution < -0.4 is 0 Å². The van der Waals surface area contributed by atoms with Gasteiger partial charge < -0.3 is 0 Å². The van der Waals surface area contributed by atoms with E-state index in [0.29, 0.717) is 0 Å². The highest BCUT2D eigenvalue weighted by Gasteiger charge is 1.88. The highest BCUT2D eigenvalue weighted by atomic mass is 15.1. The zero-order valence-corrected chi connectivity index (χ0v) is 16.3. The van der Waals surface area contributed by atoms with Crippen molar-refractivity contribution < 1.29 is 0 Å². The molecule has 0 bridgehead atoms. The van der Waals surface area contributed by atoms with Gasteiger partial charge in [0.2, 0.25) is 0 Å². The van der Waals surface area contributed by atoms with E-state index in [1.807, 2.05) is 85.5 Å². The summed E-state index contributed by atoms with van der Waals surface area (Å²) in [5, 5.41) is 14.7. The van der Waals surface area contributed by atoms with Gasteiger partial charge in [0.05, 0.1) is 12.4 Å². The van der Waals surface area contributed by atoms with E-state index in [1.54, 1.807) is 12.4 Å². The lowest BCUT2D eigenvalue weighted by Gasteiger charge is -1.91. The monoisotopic (exact) mass is 388 g/mol. The molecule has 144 valence electrons. The summed E-state index contributed by atoms with van der Waals surface area (Å²) in [6, 6.07) is 28.4. The highest BCUT2D eigenvalue weighted by molar-refractivity contribution is 5.82. The lowest BCUT2D eigenvalue weighted by molar-refractivity contribution is 1.05. The average Bonchev–Trinajstić information content (AvgIpc) is 2.85. The molecule has 0 spiro atoms. The molecule has 0 fully saturated rings. The van der Waals surface area contributed by atoms with Gasteiger partial charge in [0, 0.05) is 35.6 Å². The third-order valence-electron chi connectivity index (χ3n) is 4.56. The first-order valence-electron chi connectivity index (χ1n) is 9.63. The topological polar surface area (TPSA) is 51.6 Å². The van der Waals surface area contributed by atoms with Crippen molar-refractivity contribution in [2.75, 3.05) is 0 Å². The van der Waals surface area contributed by atoms with Crippen molar-refractivity contribution in [1.29, 1.82) is 0 Å². The summed E-state index contributed by atoms with van der Waals surface area (Å²) in [6.07, 6.45) is 10.9. The molecule has 0 aliphatic rings. The second-order valence-corrected chi connectivity index (χ2v) is 6.56. The van der Waals surface area contributed by atoms with Crippen molar-refractivity contribution in [2.45, 2.75) is 0 Å². The van der Waals surface area contributed by atoms with Gasteiger partial charge in [-0.2, -0.15) is 10.2 Å². The number of rotatable bonds is 0. The number of pyridine rings is 2. The van der Waals surface area contributed by atoms with Gasteiger partial charge >= 0.3 is 0 Å². The Balaban J connectivity index is 0.000000109. The van der Waals surface area contributed by atoms with Gasteiger partial charge in [-0.15, -0.1) is 0 Å². The zero-order chi connectivity index (χ0) is 20.4. The van der Waals surface area contributed by atoms with Crippen molar-refractivity contribution in [1.82, 2.24) is 20.2 Å². The second-order valence-electron chi connectivity index (χ2n) is 6.56. The van der Waals surface area contributed by atoms with Gasteiger partial charge in [0.1, 0.15) is 0 Å². The lowest BCUT2D eigenvalue weighted by Crippen LogP contribution is -1.77. The van der Waals surface area contributed by atoms with Crippen molar-refractivity contribution in [3.8, 4) is 0 Å². The Bertz CT molecular complexity index is 999. The molecule has 3 aromatic carbocycles. The minimum Gasteiger partial charge on any atom is -0.264 e. The number of fused-ring (bicyclic) bond motifs is 3. The molecule has 0 aliphatic heterocycles. The van der Waals surface area contributed by atoms with E-state index < -0.39 is 0 Å². The van der Waals surface area contributed by atoms with Gasteiger partial charge in [-0.25, -0.2) is 0 Å². The Morgan fingerprint density at radius 1 is 0.333 bits per heavy atom. The summed E-state index contributed by atoms with van der Waals surface area (Å²) in [5.41, 5.74) is 0. The number of aromatic nitrogens is 4. The zero-order valence-electron chi connectivity index (χ0n) is 16.3. The molecule has 4 heteroatoms. The number of hydrogen-bond donors (Lipinski definition) is 0. The molecular formula is C26H20N4. The van der Waals surface area contributed by atoms with Crippen LogP contribution in [-0.2, 0) is 0 Å². The first-order chi connectivity index (χ1) is 14.9. The summed E-state index contributed by atoms with van der Waals surface area (Å²) < 4.78 is 0. The van der Waals surface area contributed by atoms with Crippen molar-refractivity contribution in [3.05, 3.63) is 122 Å². The van der Waals surface area contributed by atoms with E-state index in [0.717, 1.165) is 10.8 Å². The summed E-state index contributed by atoms with van der Waals surface area (Å²) in [6.45, 7) is 0. The Morgan fingerprint density at radius 3 is 1.03 bits per heavy atom. The van der Waals surface area contributed by atoms with E-state index in [1.165, 1.54) is 21.5 Å². The van der Waals surface area contributed by atoms with Gasteiger partial charge in [0.25, 0.3) is 0 Å². The van der Waals surface area contributed by atoms with Crippen molar-refractivity contribution >= 4 is 32.3 Å². The molecule has 0 amide bonds. The molecule has 3 aromatic heterocycles. The van der Waals surface area contributed by atoms with Crippen LogP contribution in [0.25, 0.3) is 32.3 Å². The van der Waals surface area contributed by atoms with Crippen LogP contribution in [-0.4, -0.2) is 20.2 Å². The number of hydrogen-bond acceptors (Lipinski definition) is 4. The van der Waals surface area contributed by atoms with Gasteiger partial charge in [-0.05, 0) is 33.7 Å². The number of nitrogens with zero attached hydrogens (tertiary/aromatic N) is 4. The molecule has 6 aromatic rings. The molecule has 6 rings (SSSR count). The van der Waals surface area contributed by atoms with Crippen LogP contribution in [0.5, 0.6) is 0 Å². The summed E-state index contributed by atoms with van der Waals surface area (Å²) in [7, 11) is 0. The van der Waals surface area contributed by atoms with Crippen molar-refractivity contribution in [2.24, 2.45) is 0 Å². The maximum atomic E-state index is 4.01. The van der Waals surface area contributed by atoms with Crippen LogP contribution in [0.1, 0.15) is 0 Å². The van der Waals surface area contributed by atoms with Crippen LogP contribution >= 0.6 is 0 Å². The van der Waals surface area contributed by atoms with Crippen molar-refractivity contribution in [3.63, 3.8) is 0 Å². The Labute approximate surface area is 174 Å². The van der Waals surface area contributed by atoms with Crippen LogP contribution in [0.3, 0.4) is 0 Å².